The van der Waals surface area contributed by atoms with E-state index in [1.165, 1.54) is 12.8 Å². The second-order valence-electron chi connectivity index (χ2n) is 7.54. The van der Waals surface area contributed by atoms with Crippen molar-refractivity contribution in [2.24, 2.45) is 0 Å². The van der Waals surface area contributed by atoms with Crippen LogP contribution in [-0.2, 0) is 14.3 Å². The highest BCUT2D eigenvalue weighted by atomic mass is 16.6. The first-order chi connectivity index (χ1) is 14.2. The van der Waals surface area contributed by atoms with Crippen LogP contribution < -0.4 is 4.74 Å². The Morgan fingerprint density at radius 2 is 1.79 bits per heavy atom. The summed E-state index contributed by atoms with van der Waals surface area (Å²) in [6.07, 6.45) is 8.07. The number of carbonyl (C=O) groups is 1. The van der Waals surface area contributed by atoms with Gasteiger partial charge in [0.05, 0.1) is 25.4 Å². The molecule has 3 heterocycles. The number of benzene rings is 1. The Labute approximate surface area is 169 Å². The molecule has 3 aliphatic rings. The van der Waals surface area contributed by atoms with Gasteiger partial charge >= 0.3 is 0 Å². The van der Waals surface area contributed by atoms with Crippen molar-refractivity contribution < 1.29 is 29.2 Å². The molecule has 2 aliphatic heterocycles. The molecule has 4 atom stereocenters. The number of imidazole rings is 1. The van der Waals surface area contributed by atoms with Crippen LogP contribution in [0.4, 0.5) is 0 Å². The number of aliphatic hydroxyl groups excluding tert-OH is 1. The lowest BCUT2D eigenvalue weighted by molar-refractivity contribution is -0.122. The number of hydrogen-bond donors (Lipinski definition) is 2. The fourth-order valence-corrected chi connectivity index (χ4v) is 4.38. The molecule has 0 bridgehead atoms. The normalized spacial score (nSPS) is 28.6. The van der Waals surface area contributed by atoms with Crippen LogP contribution in [0.1, 0.15) is 31.7 Å². The maximum absolute atomic E-state index is 9.96. The maximum atomic E-state index is 9.96. The van der Waals surface area contributed by atoms with Crippen molar-refractivity contribution in [1.29, 1.82) is 0 Å². The molecule has 1 aromatic heterocycles. The highest BCUT2D eigenvalue weighted by Gasteiger charge is 2.48. The van der Waals surface area contributed by atoms with Gasteiger partial charge in [-0.1, -0.05) is 0 Å². The van der Waals surface area contributed by atoms with Crippen LogP contribution in [0.25, 0.3) is 11.4 Å². The van der Waals surface area contributed by atoms with Gasteiger partial charge in [-0.2, -0.15) is 0 Å². The van der Waals surface area contributed by atoms with Gasteiger partial charge in [-0.05, 0) is 49.9 Å². The van der Waals surface area contributed by atoms with Crippen molar-refractivity contribution in [1.82, 2.24) is 9.55 Å². The van der Waals surface area contributed by atoms with Crippen molar-refractivity contribution in [2.75, 3.05) is 13.2 Å². The van der Waals surface area contributed by atoms with Gasteiger partial charge in [0.15, 0.2) is 0 Å². The number of fused-ring (bicyclic) bond motifs is 1. The Bertz CT molecular complexity index is 802. The van der Waals surface area contributed by atoms with Crippen LogP contribution >= 0.6 is 0 Å². The minimum absolute atomic E-state index is 0.0315. The molecular formula is C21H26N2O6. The van der Waals surface area contributed by atoms with Crippen LogP contribution in [-0.4, -0.2) is 63.9 Å². The van der Waals surface area contributed by atoms with Gasteiger partial charge in [0.1, 0.15) is 29.9 Å². The fraction of sp³-hybridized carbons (Fsp3) is 0.524. The van der Waals surface area contributed by atoms with Crippen molar-refractivity contribution in [3.05, 3.63) is 36.7 Å². The van der Waals surface area contributed by atoms with E-state index >= 15 is 0 Å². The standard InChI is InChI=1S/C20H24N2O4.CH2O2/c23-17-12-25-18-16(11-24-19(17)18)22-10-9-21-20(22)13-5-7-15(8-6-13)26-14-3-1-2-4-14;2-1-3/h5-10,14,16-19,23H,1-4,11-12H2;1H,(H,2,3)/t16-,17-,18-,19-;/m1./s1. The Hall–Kier alpha value is -2.42. The minimum atomic E-state index is -0.538. The molecule has 8 nitrogen and oxygen atoms in total. The molecule has 0 radical (unpaired) electrons. The summed E-state index contributed by atoms with van der Waals surface area (Å²) in [5.74, 6) is 1.81. The van der Waals surface area contributed by atoms with Crippen LogP contribution in [0.5, 0.6) is 5.75 Å². The van der Waals surface area contributed by atoms with Gasteiger partial charge in [-0.15, -0.1) is 0 Å². The second-order valence-corrected chi connectivity index (χ2v) is 7.54. The van der Waals surface area contributed by atoms with Crippen LogP contribution in [0, 0.1) is 0 Å². The second kappa shape index (κ2) is 8.94. The zero-order valence-electron chi connectivity index (χ0n) is 16.1. The first-order valence-corrected chi connectivity index (χ1v) is 10.0. The molecule has 29 heavy (non-hydrogen) atoms. The molecule has 1 aromatic carbocycles. The van der Waals surface area contributed by atoms with E-state index in [0.29, 0.717) is 19.3 Å². The van der Waals surface area contributed by atoms with Crippen LogP contribution in [0.2, 0.25) is 0 Å². The first-order valence-electron chi connectivity index (χ1n) is 10.0. The third-order valence-electron chi connectivity index (χ3n) is 5.74. The van der Waals surface area contributed by atoms with Crippen molar-refractivity contribution >= 4 is 6.47 Å². The summed E-state index contributed by atoms with van der Waals surface area (Å²) in [6.45, 7) is 0.613. The quantitative estimate of drug-likeness (QED) is 0.756. The van der Waals surface area contributed by atoms with Crippen molar-refractivity contribution in [3.8, 4) is 17.1 Å². The number of aromatic nitrogens is 2. The number of nitrogens with zero attached hydrogens (tertiary/aromatic N) is 2. The topological polar surface area (TPSA) is 103 Å². The fourth-order valence-electron chi connectivity index (χ4n) is 4.38. The molecule has 1 aliphatic carbocycles. The summed E-state index contributed by atoms with van der Waals surface area (Å²) in [4.78, 5) is 12.9. The predicted molar refractivity (Wildman–Crippen MR) is 104 cm³/mol. The molecule has 1 saturated carbocycles. The average molecular weight is 402 g/mol. The molecule has 0 unspecified atom stereocenters. The Balaban J connectivity index is 0.000000645. The number of ether oxygens (including phenoxy) is 3. The van der Waals surface area contributed by atoms with E-state index in [1.807, 2.05) is 18.3 Å². The number of aliphatic hydroxyl groups is 1. The molecule has 2 aromatic rings. The Kier molecular flexibility index (Phi) is 6.13. The first kappa shape index (κ1) is 19.9. The molecule has 3 fully saturated rings. The van der Waals surface area contributed by atoms with E-state index in [2.05, 4.69) is 21.7 Å². The lowest BCUT2D eigenvalue weighted by atomic mass is 10.1. The van der Waals surface area contributed by atoms with E-state index in [4.69, 9.17) is 24.1 Å². The van der Waals surface area contributed by atoms with Gasteiger partial charge < -0.3 is 29.0 Å². The van der Waals surface area contributed by atoms with Gasteiger partial charge in [0.25, 0.3) is 6.47 Å². The summed E-state index contributed by atoms with van der Waals surface area (Å²) in [5.41, 5.74) is 1.04. The van der Waals surface area contributed by atoms with E-state index in [-0.39, 0.29) is 24.7 Å². The maximum Gasteiger partial charge on any atom is 0.290 e. The summed E-state index contributed by atoms with van der Waals surface area (Å²) < 4.78 is 19.7. The summed E-state index contributed by atoms with van der Waals surface area (Å²) in [6, 6.07) is 8.19. The molecule has 0 spiro atoms. The summed E-state index contributed by atoms with van der Waals surface area (Å²) >= 11 is 0. The zero-order valence-corrected chi connectivity index (χ0v) is 16.1. The molecule has 5 rings (SSSR count). The highest BCUT2D eigenvalue weighted by molar-refractivity contribution is 5.57. The monoisotopic (exact) mass is 402 g/mol. The van der Waals surface area contributed by atoms with Crippen LogP contribution in [0.3, 0.4) is 0 Å². The third-order valence-corrected chi connectivity index (χ3v) is 5.74. The van der Waals surface area contributed by atoms with Gasteiger partial charge in [-0.3, -0.25) is 4.79 Å². The number of hydrogen-bond acceptors (Lipinski definition) is 6. The largest absolute Gasteiger partial charge is 0.490 e. The SMILES string of the molecule is O=CO.O[C@@H]1CO[C@H]2[C@@H]1OC[C@H]2n1ccnc1-c1ccc(OC2CCCC2)cc1. The minimum Gasteiger partial charge on any atom is -0.490 e. The molecule has 156 valence electrons. The molecule has 8 heteroatoms. The van der Waals surface area contributed by atoms with E-state index < -0.39 is 6.10 Å². The summed E-state index contributed by atoms with van der Waals surface area (Å²) in [5, 5.41) is 16.8. The van der Waals surface area contributed by atoms with Crippen molar-refractivity contribution in [3.63, 3.8) is 0 Å². The Morgan fingerprint density at radius 3 is 2.52 bits per heavy atom. The van der Waals surface area contributed by atoms with Gasteiger partial charge in [-0.25, -0.2) is 4.98 Å². The lowest BCUT2D eigenvalue weighted by Gasteiger charge is -2.20. The zero-order chi connectivity index (χ0) is 20.2. The van der Waals surface area contributed by atoms with Gasteiger partial charge in [0.2, 0.25) is 0 Å². The van der Waals surface area contributed by atoms with Crippen LogP contribution in [0.15, 0.2) is 36.7 Å². The molecule has 2 N–H and O–H groups in total. The van der Waals surface area contributed by atoms with E-state index in [9.17, 15) is 5.11 Å². The molecular weight excluding hydrogens is 376 g/mol. The Morgan fingerprint density at radius 1 is 1.10 bits per heavy atom. The van der Waals surface area contributed by atoms with Crippen molar-refractivity contribution in [2.45, 2.75) is 56.1 Å². The molecule has 0 amide bonds. The van der Waals surface area contributed by atoms with E-state index in [1.54, 1.807) is 6.20 Å². The smallest absolute Gasteiger partial charge is 0.290 e. The third kappa shape index (κ3) is 4.14. The highest BCUT2D eigenvalue weighted by Crippen LogP contribution is 2.36. The van der Waals surface area contributed by atoms with E-state index in [0.717, 1.165) is 30.0 Å². The predicted octanol–water partition coefficient (Wildman–Crippen LogP) is 2.27. The lowest BCUT2D eigenvalue weighted by Crippen LogP contribution is -2.30. The van der Waals surface area contributed by atoms with Gasteiger partial charge in [0, 0.05) is 18.0 Å². The number of rotatable bonds is 4. The number of carboxylic acid groups (broad SMARTS) is 1. The average Bonchev–Trinajstić information content (AvgIpc) is 3.49. The summed E-state index contributed by atoms with van der Waals surface area (Å²) in [7, 11) is 0. The molecule has 2 saturated heterocycles.